The van der Waals surface area contributed by atoms with Crippen molar-refractivity contribution in [1.82, 2.24) is 4.57 Å². The van der Waals surface area contributed by atoms with E-state index < -0.39 is 24.5 Å². The molecule has 0 bridgehead atoms. The maximum Gasteiger partial charge on any atom is 0.340 e. The van der Waals surface area contributed by atoms with Crippen LogP contribution in [0.5, 0.6) is 0 Å². The second-order valence-corrected chi connectivity index (χ2v) is 6.02. The summed E-state index contributed by atoms with van der Waals surface area (Å²) in [4.78, 5) is 46.9. The summed E-state index contributed by atoms with van der Waals surface area (Å²) in [7, 11) is 0. The Balaban J connectivity index is 1.92. The van der Waals surface area contributed by atoms with Crippen LogP contribution in [0.25, 0.3) is 0 Å². The number of aromatic nitrogens is 1. The first-order chi connectivity index (χ1) is 12.4. The number of hydrogen-bond acceptors (Lipinski definition) is 7. The van der Waals surface area contributed by atoms with Crippen LogP contribution in [0, 0.1) is 6.92 Å². The minimum Gasteiger partial charge on any atom is -0.462 e. The number of rotatable bonds is 7. The lowest BCUT2D eigenvalue weighted by Gasteiger charge is -2.11. The van der Waals surface area contributed by atoms with Gasteiger partial charge < -0.3 is 14.8 Å². The van der Waals surface area contributed by atoms with E-state index in [1.807, 2.05) is 0 Å². The number of para-hydroxylation sites is 1. The zero-order valence-corrected chi connectivity index (χ0v) is 15.1. The van der Waals surface area contributed by atoms with Crippen molar-refractivity contribution in [1.29, 1.82) is 0 Å². The first kappa shape index (κ1) is 19.4. The highest BCUT2D eigenvalue weighted by atomic mass is 32.1. The van der Waals surface area contributed by atoms with Crippen molar-refractivity contribution in [2.45, 2.75) is 20.4 Å². The van der Waals surface area contributed by atoms with Crippen LogP contribution in [0.3, 0.4) is 0 Å². The molecule has 0 unspecified atom stereocenters. The predicted octanol–water partition coefficient (Wildman–Crippen LogP) is 1.58. The number of benzene rings is 1. The molecule has 0 radical (unpaired) electrons. The molecule has 0 spiro atoms. The third-order valence-corrected chi connectivity index (χ3v) is 4.21. The molecule has 0 saturated carbocycles. The molecule has 26 heavy (non-hydrogen) atoms. The molecular weight excluding hydrogens is 360 g/mol. The molecule has 0 atom stereocenters. The zero-order valence-electron chi connectivity index (χ0n) is 14.3. The summed E-state index contributed by atoms with van der Waals surface area (Å²) in [5, 5.41) is 4.14. The SMILES string of the molecule is CCOC(=O)c1ccccc1NC(=O)COC(=O)Cn1c(C)csc1=O. The Bertz CT molecular complexity index is 870. The van der Waals surface area contributed by atoms with E-state index in [0.717, 1.165) is 11.3 Å². The summed E-state index contributed by atoms with van der Waals surface area (Å²) in [6.45, 7) is 2.79. The summed E-state index contributed by atoms with van der Waals surface area (Å²) in [6.07, 6.45) is 0. The van der Waals surface area contributed by atoms with Crippen LogP contribution < -0.4 is 10.2 Å². The Kier molecular flexibility index (Phi) is 6.67. The van der Waals surface area contributed by atoms with Crippen LogP contribution in [0.15, 0.2) is 34.4 Å². The highest BCUT2D eigenvalue weighted by Crippen LogP contribution is 2.16. The normalized spacial score (nSPS) is 10.2. The molecule has 0 saturated heterocycles. The van der Waals surface area contributed by atoms with Gasteiger partial charge in [0.2, 0.25) is 0 Å². The summed E-state index contributed by atoms with van der Waals surface area (Å²) < 4.78 is 11.1. The lowest BCUT2D eigenvalue weighted by Crippen LogP contribution is -2.26. The van der Waals surface area contributed by atoms with Crippen molar-refractivity contribution in [3.63, 3.8) is 0 Å². The van der Waals surface area contributed by atoms with E-state index in [4.69, 9.17) is 9.47 Å². The summed E-state index contributed by atoms with van der Waals surface area (Å²) in [5.74, 6) is -1.88. The highest BCUT2D eigenvalue weighted by Gasteiger charge is 2.15. The Labute approximate surface area is 153 Å². The number of nitrogens with zero attached hydrogens (tertiary/aromatic N) is 1. The van der Waals surface area contributed by atoms with Crippen LogP contribution in [-0.4, -0.2) is 35.6 Å². The summed E-state index contributed by atoms with van der Waals surface area (Å²) in [6, 6.07) is 6.35. The Morgan fingerprint density at radius 3 is 2.58 bits per heavy atom. The van der Waals surface area contributed by atoms with E-state index in [2.05, 4.69) is 5.32 Å². The molecule has 0 aliphatic carbocycles. The topological polar surface area (TPSA) is 104 Å². The van der Waals surface area contributed by atoms with Gasteiger partial charge in [0.15, 0.2) is 6.61 Å². The number of hydrogen-bond donors (Lipinski definition) is 1. The lowest BCUT2D eigenvalue weighted by molar-refractivity contribution is -0.147. The van der Waals surface area contributed by atoms with Gasteiger partial charge in [-0.3, -0.25) is 19.0 Å². The molecule has 9 heteroatoms. The third kappa shape index (κ3) is 5.03. The number of ether oxygens (including phenoxy) is 2. The molecule has 1 aromatic carbocycles. The molecule has 1 heterocycles. The van der Waals surface area contributed by atoms with Gasteiger partial charge in [0, 0.05) is 11.1 Å². The third-order valence-electron chi connectivity index (χ3n) is 3.32. The van der Waals surface area contributed by atoms with E-state index in [1.54, 1.807) is 37.4 Å². The second kappa shape index (κ2) is 8.95. The molecule has 0 aliphatic heterocycles. The Morgan fingerprint density at radius 2 is 1.92 bits per heavy atom. The van der Waals surface area contributed by atoms with Crippen LogP contribution in [0.4, 0.5) is 5.69 Å². The number of carbonyl (C=O) groups is 3. The minimum absolute atomic E-state index is 0.203. The highest BCUT2D eigenvalue weighted by molar-refractivity contribution is 7.07. The molecule has 0 fully saturated rings. The molecule has 138 valence electrons. The smallest absolute Gasteiger partial charge is 0.340 e. The fourth-order valence-corrected chi connectivity index (χ4v) is 2.82. The fraction of sp³-hybridized carbons (Fsp3) is 0.294. The molecule has 8 nitrogen and oxygen atoms in total. The summed E-state index contributed by atoms with van der Waals surface area (Å²) in [5.41, 5.74) is 1.11. The van der Waals surface area contributed by atoms with Crippen molar-refractivity contribution in [2.24, 2.45) is 0 Å². The van der Waals surface area contributed by atoms with Crippen LogP contribution >= 0.6 is 11.3 Å². The standard InChI is InChI=1S/C17H18N2O6S/c1-3-24-16(22)12-6-4-5-7-13(12)18-14(20)9-25-15(21)8-19-11(2)10-26-17(19)23/h4-7,10H,3,8-9H2,1-2H3,(H,18,20). The quantitative estimate of drug-likeness (QED) is 0.734. The zero-order chi connectivity index (χ0) is 19.1. The van der Waals surface area contributed by atoms with E-state index in [-0.39, 0.29) is 29.3 Å². The van der Waals surface area contributed by atoms with Gasteiger partial charge in [0.1, 0.15) is 6.54 Å². The van der Waals surface area contributed by atoms with Crippen LogP contribution in [0.1, 0.15) is 23.0 Å². The van der Waals surface area contributed by atoms with Crippen LogP contribution in [-0.2, 0) is 25.6 Å². The molecule has 1 N–H and O–H groups in total. The maximum atomic E-state index is 12.0. The Morgan fingerprint density at radius 1 is 1.19 bits per heavy atom. The average molecular weight is 378 g/mol. The first-order valence-corrected chi connectivity index (χ1v) is 8.67. The number of amides is 1. The molecule has 0 aliphatic rings. The van der Waals surface area contributed by atoms with E-state index in [0.29, 0.717) is 5.69 Å². The van der Waals surface area contributed by atoms with E-state index in [9.17, 15) is 19.2 Å². The number of esters is 2. The van der Waals surface area contributed by atoms with Gasteiger partial charge in [-0.05, 0) is 26.0 Å². The van der Waals surface area contributed by atoms with Gasteiger partial charge >= 0.3 is 16.8 Å². The predicted molar refractivity (Wildman–Crippen MR) is 95.3 cm³/mol. The lowest BCUT2D eigenvalue weighted by atomic mass is 10.2. The van der Waals surface area contributed by atoms with Gasteiger partial charge in [-0.25, -0.2) is 4.79 Å². The van der Waals surface area contributed by atoms with Gasteiger partial charge in [-0.15, -0.1) is 0 Å². The van der Waals surface area contributed by atoms with Crippen LogP contribution in [0.2, 0.25) is 0 Å². The minimum atomic E-state index is -0.706. The van der Waals surface area contributed by atoms with Crippen molar-refractivity contribution >= 4 is 34.9 Å². The Hall–Kier alpha value is -2.94. The molecule has 2 aromatic rings. The van der Waals surface area contributed by atoms with Crippen molar-refractivity contribution in [2.75, 3.05) is 18.5 Å². The average Bonchev–Trinajstić information content (AvgIpc) is 2.92. The van der Waals surface area contributed by atoms with E-state index in [1.165, 1.54) is 10.6 Å². The number of aryl methyl sites for hydroxylation is 1. The van der Waals surface area contributed by atoms with E-state index >= 15 is 0 Å². The van der Waals surface area contributed by atoms with Gasteiger partial charge in [0.05, 0.1) is 17.9 Å². The number of anilines is 1. The molecule has 2 rings (SSSR count). The molecule has 1 amide bonds. The molecule has 1 aromatic heterocycles. The number of carbonyl (C=O) groups excluding carboxylic acids is 3. The fourth-order valence-electron chi connectivity index (χ4n) is 2.08. The van der Waals surface area contributed by atoms with Gasteiger partial charge in [-0.1, -0.05) is 23.5 Å². The first-order valence-electron chi connectivity index (χ1n) is 7.79. The number of thiazole rings is 1. The van der Waals surface area contributed by atoms with Crippen molar-refractivity contribution < 1.29 is 23.9 Å². The largest absolute Gasteiger partial charge is 0.462 e. The van der Waals surface area contributed by atoms with Crippen molar-refractivity contribution in [3.05, 3.63) is 50.6 Å². The van der Waals surface area contributed by atoms with Gasteiger partial charge in [-0.2, -0.15) is 0 Å². The maximum absolute atomic E-state index is 12.0. The second-order valence-electron chi connectivity index (χ2n) is 5.20. The number of nitrogens with one attached hydrogen (secondary N) is 1. The molecular formula is C17H18N2O6S. The monoisotopic (exact) mass is 378 g/mol. The summed E-state index contributed by atoms with van der Waals surface area (Å²) >= 11 is 0.984. The van der Waals surface area contributed by atoms with Crippen molar-refractivity contribution in [3.8, 4) is 0 Å². The van der Waals surface area contributed by atoms with Gasteiger partial charge in [0.25, 0.3) is 5.91 Å².